The van der Waals surface area contributed by atoms with Crippen molar-refractivity contribution in [3.05, 3.63) is 11.3 Å². The maximum Gasteiger partial charge on any atom is 0.341 e. The molecule has 5 heteroatoms. The molecule has 0 spiro atoms. The van der Waals surface area contributed by atoms with Crippen LogP contribution in [0.2, 0.25) is 0 Å². The van der Waals surface area contributed by atoms with Gasteiger partial charge in [-0.05, 0) is 19.3 Å². The number of rotatable bonds is 3. The zero-order valence-corrected chi connectivity index (χ0v) is 12.3. The third-order valence-electron chi connectivity index (χ3n) is 3.57. The normalized spacial score (nSPS) is 13.5. The average molecular weight is 253 g/mol. The first kappa shape index (κ1) is 14.5. The number of aromatic nitrogens is 2. The number of hydrogen-bond donors (Lipinski definition) is 1. The predicted molar refractivity (Wildman–Crippen MR) is 72.2 cm³/mol. The molecule has 18 heavy (non-hydrogen) atoms. The van der Waals surface area contributed by atoms with E-state index in [1.165, 1.54) is 0 Å². The Hall–Kier alpha value is -1.52. The van der Waals surface area contributed by atoms with Crippen LogP contribution in [-0.4, -0.2) is 33.9 Å². The van der Waals surface area contributed by atoms with E-state index in [0.29, 0.717) is 11.5 Å². The van der Waals surface area contributed by atoms with Crippen molar-refractivity contribution in [1.82, 2.24) is 9.78 Å². The van der Waals surface area contributed by atoms with Gasteiger partial charge >= 0.3 is 5.97 Å². The number of aromatic carboxylic acids is 1. The van der Waals surface area contributed by atoms with Crippen molar-refractivity contribution in [3.63, 3.8) is 0 Å². The van der Waals surface area contributed by atoms with Crippen LogP contribution in [0.3, 0.4) is 0 Å². The molecule has 1 rings (SSSR count). The van der Waals surface area contributed by atoms with Crippen molar-refractivity contribution in [1.29, 1.82) is 0 Å². The van der Waals surface area contributed by atoms with E-state index in [9.17, 15) is 9.90 Å². The summed E-state index contributed by atoms with van der Waals surface area (Å²) in [6, 6.07) is 0.199. The van der Waals surface area contributed by atoms with Gasteiger partial charge in [0.2, 0.25) is 0 Å². The van der Waals surface area contributed by atoms with Gasteiger partial charge in [0, 0.05) is 20.1 Å². The molecule has 0 bridgehead atoms. The summed E-state index contributed by atoms with van der Waals surface area (Å²) in [6.07, 6.45) is 0. The molecule has 1 heterocycles. The Bertz CT molecular complexity index is 458. The second kappa shape index (κ2) is 4.63. The molecule has 0 saturated heterocycles. The lowest BCUT2D eigenvalue weighted by atomic mass is 9.87. The maximum atomic E-state index is 11.4. The zero-order valence-electron chi connectivity index (χ0n) is 12.3. The third-order valence-corrected chi connectivity index (χ3v) is 3.57. The largest absolute Gasteiger partial charge is 0.477 e. The van der Waals surface area contributed by atoms with E-state index in [1.807, 2.05) is 11.9 Å². The van der Waals surface area contributed by atoms with Crippen molar-refractivity contribution >= 4 is 11.8 Å². The van der Waals surface area contributed by atoms with Crippen LogP contribution in [0.1, 0.15) is 43.7 Å². The summed E-state index contributed by atoms with van der Waals surface area (Å²) in [4.78, 5) is 13.3. The summed E-state index contributed by atoms with van der Waals surface area (Å²) in [5.41, 5.74) is 0.895. The first-order valence-corrected chi connectivity index (χ1v) is 6.07. The molecular weight excluding hydrogens is 230 g/mol. The lowest BCUT2D eigenvalue weighted by Crippen LogP contribution is -2.41. The van der Waals surface area contributed by atoms with Crippen molar-refractivity contribution in [2.45, 2.75) is 40.7 Å². The summed E-state index contributed by atoms with van der Waals surface area (Å²) >= 11 is 0. The molecule has 0 radical (unpaired) electrons. The van der Waals surface area contributed by atoms with Gasteiger partial charge in [-0.3, -0.25) is 4.68 Å². The minimum atomic E-state index is -0.927. The van der Waals surface area contributed by atoms with Crippen LogP contribution < -0.4 is 4.90 Å². The summed E-state index contributed by atoms with van der Waals surface area (Å²) in [6.45, 7) is 10.2. The van der Waals surface area contributed by atoms with Gasteiger partial charge in [0.25, 0.3) is 0 Å². The highest BCUT2D eigenvalue weighted by atomic mass is 16.4. The fourth-order valence-electron chi connectivity index (χ4n) is 2.07. The molecule has 1 aromatic rings. The van der Waals surface area contributed by atoms with E-state index in [1.54, 1.807) is 18.7 Å². The van der Waals surface area contributed by atoms with Gasteiger partial charge in [-0.15, -0.1) is 0 Å². The molecule has 0 aromatic carbocycles. The van der Waals surface area contributed by atoms with E-state index < -0.39 is 5.97 Å². The van der Waals surface area contributed by atoms with Gasteiger partial charge in [-0.1, -0.05) is 20.8 Å². The smallest absolute Gasteiger partial charge is 0.341 e. The predicted octanol–water partition coefficient (Wildman–Crippen LogP) is 2.30. The SMILES string of the molecule is Cc1nn(C)c(N(C)C(C)C(C)(C)C)c1C(=O)O. The minimum Gasteiger partial charge on any atom is -0.477 e. The van der Waals surface area contributed by atoms with Crippen molar-refractivity contribution in [3.8, 4) is 0 Å². The Balaban J connectivity index is 3.29. The fourth-order valence-corrected chi connectivity index (χ4v) is 2.07. The van der Waals surface area contributed by atoms with Gasteiger partial charge in [-0.2, -0.15) is 5.10 Å². The van der Waals surface area contributed by atoms with E-state index >= 15 is 0 Å². The number of carboxylic acid groups (broad SMARTS) is 1. The molecule has 102 valence electrons. The monoisotopic (exact) mass is 253 g/mol. The Morgan fingerprint density at radius 1 is 1.44 bits per heavy atom. The summed E-state index contributed by atoms with van der Waals surface area (Å²) in [5, 5.41) is 13.5. The summed E-state index contributed by atoms with van der Waals surface area (Å²) < 4.78 is 1.64. The van der Waals surface area contributed by atoms with Gasteiger partial charge in [-0.25, -0.2) is 4.79 Å². The lowest BCUT2D eigenvalue weighted by molar-refractivity contribution is 0.0696. The highest BCUT2D eigenvalue weighted by molar-refractivity contribution is 5.94. The third kappa shape index (κ3) is 2.49. The van der Waals surface area contributed by atoms with Crippen LogP contribution in [0, 0.1) is 12.3 Å². The second-order valence-electron chi connectivity index (χ2n) is 5.87. The molecule has 1 atom stereocenters. The molecule has 1 unspecified atom stereocenters. The number of hydrogen-bond acceptors (Lipinski definition) is 3. The zero-order chi connectivity index (χ0) is 14.2. The molecule has 5 nitrogen and oxygen atoms in total. The van der Waals surface area contributed by atoms with E-state index in [0.717, 1.165) is 0 Å². The highest BCUT2D eigenvalue weighted by Gasteiger charge is 2.30. The van der Waals surface area contributed by atoms with Crippen LogP contribution >= 0.6 is 0 Å². The Morgan fingerprint density at radius 3 is 2.33 bits per heavy atom. The number of carboxylic acids is 1. The van der Waals surface area contributed by atoms with Crippen LogP contribution in [0.15, 0.2) is 0 Å². The molecule has 0 aliphatic carbocycles. The molecule has 0 saturated carbocycles. The summed E-state index contributed by atoms with van der Waals surface area (Å²) in [5.74, 6) is -0.272. The van der Waals surface area contributed by atoms with Crippen molar-refractivity contribution in [2.75, 3.05) is 11.9 Å². The molecule has 0 fully saturated rings. The molecule has 1 aromatic heterocycles. The van der Waals surface area contributed by atoms with E-state index in [4.69, 9.17) is 0 Å². The van der Waals surface area contributed by atoms with Crippen LogP contribution in [0.25, 0.3) is 0 Å². The summed E-state index contributed by atoms with van der Waals surface area (Å²) in [7, 11) is 3.69. The average Bonchev–Trinajstić information content (AvgIpc) is 2.49. The Morgan fingerprint density at radius 2 is 1.94 bits per heavy atom. The van der Waals surface area contributed by atoms with Crippen molar-refractivity contribution in [2.24, 2.45) is 12.5 Å². The number of carbonyl (C=O) groups is 1. The lowest BCUT2D eigenvalue weighted by Gasteiger charge is -2.36. The quantitative estimate of drug-likeness (QED) is 0.898. The first-order chi connectivity index (χ1) is 8.07. The molecule has 0 aliphatic heterocycles. The van der Waals surface area contributed by atoms with Crippen LogP contribution in [0.4, 0.5) is 5.82 Å². The number of aryl methyl sites for hydroxylation is 2. The van der Waals surface area contributed by atoms with Gasteiger partial charge < -0.3 is 10.0 Å². The molecule has 0 aliphatic rings. The highest BCUT2D eigenvalue weighted by Crippen LogP contribution is 2.30. The van der Waals surface area contributed by atoms with Gasteiger partial charge in [0.15, 0.2) is 0 Å². The Labute approximate surface area is 108 Å². The van der Waals surface area contributed by atoms with Crippen LogP contribution in [0.5, 0.6) is 0 Å². The molecular formula is C13H23N3O2. The van der Waals surface area contributed by atoms with Gasteiger partial charge in [0.1, 0.15) is 11.4 Å². The maximum absolute atomic E-state index is 11.4. The second-order valence-corrected chi connectivity index (χ2v) is 5.87. The number of nitrogens with zero attached hydrogens (tertiary/aromatic N) is 3. The van der Waals surface area contributed by atoms with Crippen molar-refractivity contribution < 1.29 is 9.90 Å². The molecule has 0 amide bonds. The van der Waals surface area contributed by atoms with E-state index in [2.05, 4.69) is 32.8 Å². The number of anilines is 1. The minimum absolute atomic E-state index is 0.0582. The van der Waals surface area contributed by atoms with Gasteiger partial charge in [0.05, 0.1) is 5.69 Å². The standard InChI is InChI=1S/C13H23N3O2/c1-8-10(12(17)18)11(16(7)14-8)15(6)9(2)13(3,4)5/h9H,1-7H3,(H,17,18). The fraction of sp³-hybridized carbons (Fsp3) is 0.692. The Kier molecular flexibility index (Phi) is 3.74. The van der Waals surface area contributed by atoms with E-state index in [-0.39, 0.29) is 17.0 Å². The molecule has 1 N–H and O–H groups in total. The first-order valence-electron chi connectivity index (χ1n) is 6.07. The topological polar surface area (TPSA) is 58.4 Å². The van der Waals surface area contributed by atoms with Crippen LogP contribution in [-0.2, 0) is 7.05 Å².